The minimum absolute atomic E-state index is 0.0734. The largest absolute Gasteiger partial charge is 0.493 e. The van der Waals surface area contributed by atoms with Crippen molar-refractivity contribution in [1.82, 2.24) is 10.2 Å². The third-order valence-corrected chi connectivity index (χ3v) is 4.16. The molecule has 1 unspecified atom stereocenters. The quantitative estimate of drug-likeness (QED) is 0.816. The van der Waals surface area contributed by atoms with Crippen LogP contribution >= 0.6 is 0 Å². The zero-order valence-corrected chi connectivity index (χ0v) is 13.1. The first-order valence-electron chi connectivity index (χ1n) is 7.90. The van der Waals surface area contributed by atoms with E-state index in [1.54, 1.807) is 0 Å². The Morgan fingerprint density at radius 2 is 2.00 bits per heavy atom. The van der Waals surface area contributed by atoms with Gasteiger partial charge in [-0.25, -0.2) is 0 Å². The average Bonchev–Trinajstić information content (AvgIpc) is 3.08. The Morgan fingerprint density at radius 3 is 2.74 bits per heavy atom. The maximum Gasteiger partial charge on any atom is 0.240 e. The van der Waals surface area contributed by atoms with Crippen LogP contribution in [0.25, 0.3) is 0 Å². The Hall–Kier alpha value is -2.37. The molecule has 1 aromatic rings. The van der Waals surface area contributed by atoms with Crippen LogP contribution in [0, 0.1) is 0 Å². The highest BCUT2D eigenvalue weighted by Crippen LogP contribution is 2.26. The number of ether oxygens (including phenoxy) is 1. The molecule has 3 amide bonds. The molecule has 0 bridgehead atoms. The Bertz CT molecular complexity index is 640. The van der Waals surface area contributed by atoms with Crippen molar-refractivity contribution in [2.45, 2.75) is 38.6 Å². The molecule has 1 aromatic carbocycles. The molecular weight excluding hydrogens is 296 g/mol. The molecule has 6 nitrogen and oxygen atoms in total. The number of rotatable bonds is 5. The predicted molar refractivity (Wildman–Crippen MR) is 82.9 cm³/mol. The van der Waals surface area contributed by atoms with Crippen LogP contribution in [-0.2, 0) is 27.2 Å². The van der Waals surface area contributed by atoms with Gasteiger partial charge in [0.2, 0.25) is 17.7 Å². The molecule has 2 aliphatic rings. The molecular formula is C17H20N2O4. The van der Waals surface area contributed by atoms with E-state index in [-0.39, 0.29) is 43.1 Å². The minimum Gasteiger partial charge on any atom is -0.493 e. The van der Waals surface area contributed by atoms with E-state index in [1.807, 2.05) is 19.1 Å². The first-order valence-corrected chi connectivity index (χ1v) is 7.90. The van der Waals surface area contributed by atoms with Crippen LogP contribution in [0.2, 0.25) is 0 Å². The molecule has 2 aliphatic heterocycles. The number of amides is 3. The van der Waals surface area contributed by atoms with Crippen molar-refractivity contribution < 1.29 is 19.1 Å². The summed E-state index contributed by atoms with van der Waals surface area (Å²) in [6, 6.07) is 6.00. The number of nitrogens with zero attached hydrogens (tertiary/aromatic N) is 1. The van der Waals surface area contributed by atoms with E-state index >= 15 is 0 Å². The van der Waals surface area contributed by atoms with Crippen molar-refractivity contribution >= 4 is 17.7 Å². The van der Waals surface area contributed by atoms with E-state index in [2.05, 4.69) is 11.4 Å². The Kier molecular flexibility index (Phi) is 4.32. The second kappa shape index (κ2) is 6.40. The van der Waals surface area contributed by atoms with Crippen molar-refractivity contribution in [2.24, 2.45) is 0 Å². The van der Waals surface area contributed by atoms with Crippen molar-refractivity contribution in [1.29, 1.82) is 0 Å². The second-order valence-corrected chi connectivity index (χ2v) is 6.09. The van der Waals surface area contributed by atoms with Gasteiger partial charge in [-0.2, -0.15) is 0 Å². The van der Waals surface area contributed by atoms with Gasteiger partial charge in [-0.15, -0.1) is 0 Å². The minimum atomic E-state index is -0.300. The van der Waals surface area contributed by atoms with Gasteiger partial charge in [-0.3, -0.25) is 19.3 Å². The fraction of sp³-hybridized carbons (Fsp3) is 0.471. The second-order valence-electron chi connectivity index (χ2n) is 6.09. The summed E-state index contributed by atoms with van der Waals surface area (Å²) in [5.41, 5.74) is 2.34. The van der Waals surface area contributed by atoms with Gasteiger partial charge in [0.05, 0.1) is 6.61 Å². The lowest BCUT2D eigenvalue weighted by Gasteiger charge is -2.17. The van der Waals surface area contributed by atoms with Gasteiger partial charge >= 0.3 is 0 Å². The third kappa shape index (κ3) is 3.52. The number of nitrogens with one attached hydrogen (secondary N) is 1. The number of hydrogen-bond donors (Lipinski definition) is 1. The van der Waals surface area contributed by atoms with E-state index < -0.39 is 0 Å². The fourth-order valence-corrected chi connectivity index (χ4v) is 3.03. The molecule has 0 radical (unpaired) electrons. The van der Waals surface area contributed by atoms with E-state index in [1.165, 1.54) is 5.56 Å². The summed E-state index contributed by atoms with van der Waals surface area (Å²) in [5.74, 6) is 0.106. The molecule has 1 atom stereocenters. The molecule has 0 spiro atoms. The van der Waals surface area contributed by atoms with E-state index in [9.17, 15) is 14.4 Å². The Balaban J connectivity index is 1.52. The van der Waals surface area contributed by atoms with Crippen LogP contribution in [0.15, 0.2) is 18.2 Å². The average molecular weight is 316 g/mol. The topological polar surface area (TPSA) is 75.7 Å². The van der Waals surface area contributed by atoms with Crippen LogP contribution in [0.3, 0.4) is 0 Å². The number of fused-ring (bicyclic) bond motifs is 1. The van der Waals surface area contributed by atoms with E-state index in [0.29, 0.717) is 6.42 Å². The summed E-state index contributed by atoms with van der Waals surface area (Å²) in [6.45, 7) is 2.46. The highest BCUT2D eigenvalue weighted by Gasteiger charge is 2.30. The van der Waals surface area contributed by atoms with Crippen molar-refractivity contribution in [3.8, 4) is 5.75 Å². The summed E-state index contributed by atoms with van der Waals surface area (Å²) < 4.78 is 5.48. The molecule has 1 saturated heterocycles. The summed E-state index contributed by atoms with van der Waals surface area (Å²) in [5, 5.41) is 2.85. The molecule has 3 rings (SSSR count). The molecule has 0 saturated carbocycles. The lowest BCUT2D eigenvalue weighted by Crippen LogP contribution is -2.43. The normalized spacial score (nSPS) is 17.9. The molecule has 23 heavy (non-hydrogen) atoms. The lowest BCUT2D eigenvalue weighted by molar-refractivity contribution is -0.142. The number of benzene rings is 1. The van der Waals surface area contributed by atoms with Crippen LogP contribution in [0.1, 0.15) is 30.9 Å². The molecule has 1 N–H and O–H groups in total. The molecule has 6 heteroatoms. The maximum absolute atomic E-state index is 12.0. The molecule has 122 valence electrons. The first-order chi connectivity index (χ1) is 11.0. The van der Waals surface area contributed by atoms with E-state index in [0.717, 1.165) is 29.2 Å². The predicted octanol–water partition coefficient (Wildman–Crippen LogP) is 0.818. The number of carbonyl (C=O) groups excluding carboxylic acids is 3. The van der Waals surface area contributed by atoms with Crippen LogP contribution in [0.4, 0.5) is 0 Å². The smallest absolute Gasteiger partial charge is 0.240 e. The van der Waals surface area contributed by atoms with Crippen molar-refractivity contribution in [2.75, 3.05) is 13.2 Å². The van der Waals surface area contributed by atoms with Gasteiger partial charge in [0.25, 0.3) is 0 Å². The zero-order chi connectivity index (χ0) is 16.4. The zero-order valence-electron chi connectivity index (χ0n) is 13.1. The highest BCUT2D eigenvalue weighted by atomic mass is 16.5. The molecule has 0 aromatic heterocycles. The van der Waals surface area contributed by atoms with Crippen molar-refractivity contribution in [3.05, 3.63) is 29.3 Å². The van der Waals surface area contributed by atoms with E-state index in [4.69, 9.17) is 4.74 Å². The third-order valence-electron chi connectivity index (χ3n) is 4.16. The molecule has 0 aliphatic carbocycles. The van der Waals surface area contributed by atoms with Gasteiger partial charge < -0.3 is 10.1 Å². The van der Waals surface area contributed by atoms with Gasteiger partial charge in [0, 0.05) is 25.3 Å². The number of imide groups is 1. The Labute approximate surface area is 134 Å². The van der Waals surface area contributed by atoms with Crippen LogP contribution in [-0.4, -0.2) is 41.8 Å². The number of hydrogen-bond acceptors (Lipinski definition) is 4. The van der Waals surface area contributed by atoms with Crippen LogP contribution in [0.5, 0.6) is 5.75 Å². The van der Waals surface area contributed by atoms with Crippen molar-refractivity contribution in [3.63, 3.8) is 0 Å². The SMILES string of the molecule is CC(Cc1ccc2c(c1)CCO2)NC(=O)CN1C(=O)CCC1=O. The summed E-state index contributed by atoms with van der Waals surface area (Å²) in [4.78, 5) is 36.1. The summed E-state index contributed by atoms with van der Waals surface area (Å²) in [6.07, 6.45) is 2.03. The van der Waals surface area contributed by atoms with Gasteiger partial charge in [-0.1, -0.05) is 12.1 Å². The maximum atomic E-state index is 12.0. The number of likely N-dealkylation sites (tertiary alicyclic amines) is 1. The monoisotopic (exact) mass is 316 g/mol. The fourth-order valence-electron chi connectivity index (χ4n) is 3.03. The van der Waals surface area contributed by atoms with Crippen LogP contribution < -0.4 is 10.1 Å². The summed E-state index contributed by atoms with van der Waals surface area (Å²) >= 11 is 0. The molecule has 2 heterocycles. The first kappa shape index (κ1) is 15.5. The Morgan fingerprint density at radius 1 is 1.26 bits per heavy atom. The molecule has 1 fully saturated rings. The standard InChI is InChI=1S/C17H20N2O4/c1-11(8-12-2-3-14-13(9-12)6-7-23-14)18-15(20)10-19-16(21)4-5-17(19)22/h2-3,9,11H,4-8,10H2,1H3,(H,18,20). The van der Waals surface area contributed by atoms with Gasteiger partial charge in [-0.05, 0) is 30.5 Å². The lowest BCUT2D eigenvalue weighted by atomic mass is 10.0. The highest BCUT2D eigenvalue weighted by molar-refractivity contribution is 6.04. The number of carbonyl (C=O) groups is 3. The summed E-state index contributed by atoms with van der Waals surface area (Å²) in [7, 11) is 0. The van der Waals surface area contributed by atoms with Gasteiger partial charge in [0.15, 0.2) is 0 Å². The van der Waals surface area contributed by atoms with Gasteiger partial charge in [0.1, 0.15) is 12.3 Å².